The van der Waals surface area contributed by atoms with Gasteiger partial charge in [0, 0.05) is 0 Å². The molecular weight excluding hydrogens is 358 g/mol. The van der Waals surface area contributed by atoms with Crippen molar-refractivity contribution in [2.45, 2.75) is 32.3 Å². The van der Waals surface area contributed by atoms with E-state index in [2.05, 4.69) is 0 Å². The van der Waals surface area contributed by atoms with E-state index in [1.807, 2.05) is 73.7 Å². The smallest absolute Gasteiger partial charge is 0.250 e. The molecule has 2 nitrogen and oxygen atoms in total. The maximum Gasteiger partial charge on any atom is 0.250 e. The summed E-state index contributed by atoms with van der Waals surface area (Å²) in [5.74, 6) is 1.42. The van der Waals surface area contributed by atoms with Gasteiger partial charge in [-0.05, 0) is 49.2 Å². The molecule has 0 bridgehead atoms. The molecule has 0 fully saturated rings. The Kier molecular flexibility index (Phi) is 6.42. The van der Waals surface area contributed by atoms with Crippen molar-refractivity contribution in [2.75, 3.05) is 6.61 Å². The van der Waals surface area contributed by atoms with Gasteiger partial charge in [-0.15, -0.1) is 0 Å². The molecule has 0 aliphatic rings. The minimum Gasteiger partial charge on any atom is -0.457 e. The molecule has 0 aromatic heterocycles. The van der Waals surface area contributed by atoms with Gasteiger partial charge in [-0.2, -0.15) is 0 Å². The third kappa shape index (κ3) is 4.96. The van der Waals surface area contributed by atoms with Gasteiger partial charge in [-0.3, -0.25) is 0 Å². The molecule has 1 unspecified atom stereocenters. The highest BCUT2D eigenvalue weighted by molar-refractivity contribution is 5.34. The highest BCUT2D eigenvalue weighted by Crippen LogP contribution is 2.32. The van der Waals surface area contributed by atoms with Crippen LogP contribution >= 0.6 is 0 Å². The van der Waals surface area contributed by atoms with Crippen molar-refractivity contribution in [1.82, 2.24) is 0 Å². The van der Waals surface area contributed by atoms with Gasteiger partial charge in [0.25, 0.3) is 0 Å². The Labute approximate surface area is 164 Å². The third-order valence-electron chi connectivity index (χ3n) is 4.74. The van der Waals surface area contributed by atoms with Crippen molar-refractivity contribution in [1.29, 1.82) is 0 Å². The van der Waals surface area contributed by atoms with E-state index < -0.39 is 11.8 Å². The van der Waals surface area contributed by atoms with E-state index in [-0.39, 0.29) is 13.2 Å². The fourth-order valence-corrected chi connectivity index (χ4v) is 2.91. The van der Waals surface area contributed by atoms with Crippen LogP contribution in [0.25, 0.3) is 0 Å². The van der Waals surface area contributed by atoms with Crippen LogP contribution in [0.1, 0.15) is 23.6 Å². The molecule has 0 saturated heterocycles. The zero-order chi connectivity index (χ0) is 20.0. The number of ether oxygens (including phenoxy) is 2. The summed E-state index contributed by atoms with van der Waals surface area (Å²) in [7, 11) is 0. The molecule has 0 spiro atoms. The van der Waals surface area contributed by atoms with Crippen LogP contribution in [0.15, 0.2) is 78.9 Å². The Balaban J connectivity index is 1.64. The van der Waals surface area contributed by atoms with E-state index in [0.717, 1.165) is 16.9 Å². The van der Waals surface area contributed by atoms with Crippen LogP contribution in [-0.4, -0.2) is 13.0 Å². The molecule has 1 atom stereocenters. The van der Waals surface area contributed by atoms with Gasteiger partial charge in [0.05, 0.1) is 18.6 Å². The van der Waals surface area contributed by atoms with Gasteiger partial charge in [-0.1, -0.05) is 60.2 Å². The van der Waals surface area contributed by atoms with Crippen molar-refractivity contribution in [3.8, 4) is 11.5 Å². The van der Waals surface area contributed by atoms with Crippen LogP contribution in [0.5, 0.6) is 11.5 Å². The topological polar surface area (TPSA) is 18.5 Å². The number of aryl methyl sites for hydroxylation is 1. The second-order valence-electron chi connectivity index (χ2n) is 7.14. The number of alkyl halides is 2. The zero-order valence-electron chi connectivity index (χ0n) is 16.1. The lowest BCUT2D eigenvalue weighted by atomic mass is 9.83. The number of hydrogen-bond acceptors (Lipinski definition) is 2. The molecule has 0 heterocycles. The average Bonchev–Trinajstić information content (AvgIpc) is 2.69. The first-order chi connectivity index (χ1) is 13.5. The number of halogens is 2. The maximum absolute atomic E-state index is 13.8. The maximum atomic E-state index is 13.8. The lowest BCUT2D eigenvalue weighted by Gasteiger charge is -2.29. The molecular formula is C24H24F2O2. The normalized spacial score (nSPS) is 13.3. The van der Waals surface area contributed by atoms with E-state index in [4.69, 9.17) is 9.47 Å². The largest absolute Gasteiger partial charge is 0.457 e. The van der Waals surface area contributed by atoms with Crippen LogP contribution < -0.4 is 4.74 Å². The molecule has 0 radical (unpaired) electrons. The van der Waals surface area contributed by atoms with E-state index in [1.165, 1.54) is 6.92 Å². The third-order valence-corrected chi connectivity index (χ3v) is 4.74. The molecule has 4 heteroatoms. The fraction of sp³-hybridized carbons (Fsp3) is 0.250. The zero-order valence-corrected chi connectivity index (χ0v) is 16.1. The van der Waals surface area contributed by atoms with E-state index in [1.54, 1.807) is 12.1 Å². The van der Waals surface area contributed by atoms with Gasteiger partial charge in [0.15, 0.2) is 0 Å². The summed E-state index contributed by atoms with van der Waals surface area (Å²) in [4.78, 5) is 0. The Hall–Kier alpha value is -2.72. The minimum absolute atomic E-state index is 0.0719. The molecule has 0 N–H and O–H groups in total. The first-order valence-electron chi connectivity index (χ1n) is 9.22. The Morgan fingerprint density at radius 3 is 2.21 bits per heavy atom. The Morgan fingerprint density at radius 2 is 1.54 bits per heavy atom. The van der Waals surface area contributed by atoms with Gasteiger partial charge in [0.1, 0.15) is 11.5 Å². The summed E-state index contributed by atoms with van der Waals surface area (Å²) in [5, 5.41) is 0. The SMILES string of the molecule is Cc1ccc(C(C)(COCc2cccc(Oc3ccccc3)c2)C(F)F)cc1. The fourth-order valence-electron chi connectivity index (χ4n) is 2.91. The molecule has 28 heavy (non-hydrogen) atoms. The van der Waals surface area contributed by atoms with Gasteiger partial charge >= 0.3 is 0 Å². The molecule has 146 valence electrons. The molecule has 3 rings (SSSR count). The van der Waals surface area contributed by atoms with Crippen LogP contribution in [-0.2, 0) is 16.8 Å². The number of benzene rings is 3. The number of hydrogen-bond donors (Lipinski definition) is 0. The number of para-hydroxylation sites is 1. The summed E-state index contributed by atoms with van der Waals surface area (Å²) in [6.45, 7) is 3.64. The van der Waals surface area contributed by atoms with Crippen molar-refractivity contribution < 1.29 is 18.3 Å². The molecule has 0 saturated carbocycles. The monoisotopic (exact) mass is 382 g/mol. The van der Waals surface area contributed by atoms with Crippen LogP contribution in [0.3, 0.4) is 0 Å². The lowest BCUT2D eigenvalue weighted by molar-refractivity contribution is -0.0128. The highest BCUT2D eigenvalue weighted by Gasteiger charge is 2.37. The van der Waals surface area contributed by atoms with Crippen molar-refractivity contribution in [3.05, 3.63) is 95.6 Å². The van der Waals surface area contributed by atoms with E-state index in [0.29, 0.717) is 11.3 Å². The summed E-state index contributed by atoms with van der Waals surface area (Å²) in [5.41, 5.74) is 1.13. The summed E-state index contributed by atoms with van der Waals surface area (Å²) < 4.78 is 39.1. The predicted octanol–water partition coefficient (Wildman–Crippen LogP) is 6.53. The number of rotatable bonds is 8. The van der Waals surface area contributed by atoms with Crippen LogP contribution in [0.2, 0.25) is 0 Å². The van der Waals surface area contributed by atoms with Crippen LogP contribution in [0, 0.1) is 6.92 Å². The van der Waals surface area contributed by atoms with Gasteiger partial charge in [0.2, 0.25) is 6.43 Å². The highest BCUT2D eigenvalue weighted by atomic mass is 19.3. The first kappa shape index (κ1) is 20.0. The second kappa shape index (κ2) is 8.98. The van der Waals surface area contributed by atoms with E-state index in [9.17, 15) is 8.78 Å². The minimum atomic E-state index is -2.53. The van der Waals surface area contributed by atoms with Crippen molar-refractivity contribution in [3.63, 3.8) is 0 Å². The molecule has 3 aromatic rings. The summed E-state index contributed by atoms with van der Waals surface area (Å²) in [6, 6.07) is 24.1. The Morgan fingerprint density at radius 1 is 0.857 bits per heavy atom. The Bertz CT molecular complexity index is 879. The van der Waals surface area contributed by atoms with Crippen molar-refractivity contribution in [2.24, 2.45) is 0 Å². The molecule has 0 aliphatic heterocycles. The predicted molar refractivity (Wildman–Crippen MR) is 107 cm³/mol. The first-order valence-corrected chi connectivity index (χ1v) is 9.22. The molecule has 0 amide bonds. The van der Waals surface area contributed by atoms with Gasteiger partial charge in [-0.25, -0.2) is 8.78 Å². The van der Waals surface area contributed by atoms with E-state index >= 15 is 0 Å². The molecule has 0 aliphatic carbocycles. The summed E-state index contributed by atoms with van der Waals surface area (Å²) >= 11 is 0. The lowest BCUT2D eigenvalue weighted by Crippen LogP contribution is -2.36. The van der Waals surface area contributed by atoms with Crippen molar-refractivity contribution >= 4 is 0 Å². The standard InChI is InChI=1S/C24H24F2O2/c1-18-11-13-20(14-12-18)24(2,23(25)26)17-27-16-19-7-6-10-22(15-19)28-21-8-4-3-5-9-21/h3-15,23H,16-17H2,1-2H3. The van der Waals surface area contributed by atoms with Crippen LogP contribution in [0.4, 0.5) is 8.78 Å². The quantitative estimate of drug-likeness (QED) is 0.441. The second-order valence-corrected chi connectivity index (χ2v) is 7.14. The summed E-state index contributed by atoms with van der Waals surface area (Å²) in [6.07, 6.45) is -2.53. The molecule has 3 aromatic carbocycles. The van der Waals surface area contributed by atoms with Gasteiger partial charge < -0.3 is 9.47 Å². The average molecular weight is 382 g/mol.